The van der Waals surface area contributed by atoms with E-state index in [0.717, 1.165) is 43.0 Å². The molecule has 0 saturated carbocycles. The number of nitrogens with one attached hydrogen (secondary N) is 2. The Morgan fingerprint density at radius 3 is 2.80 bits per heavy atom. The van der Waals surface area contributed by atoms with Gasteiger partial charge in [-0.05, 0) is 19.4 Å². The third-order valence-electron chi connectivity index (χ3n) is 2.95. The largest absolute Gasteiger partial charge is 0.369 e. The summed E-state index contributed by atoms with van der Waals surface area (Å²) >= 11 is 0. The summed E-state index contributed by atoms with van der Waals surface area (Å²) in [4.78, 5) is 8.76. The van der Waals surface area contributed by atoms with Gasteiger partial charge in [0.2, 0.25) is 5.95 Å². The topological polar surface area (TPSA) is 67.7 Å². The van der Waals surface area contributed by atoms with E-state index in [1.54, 1.807) is 0 Å². The molecule has 0 amide bonds. The molecule has 0 unspecified atom stereocenters. The molecule has 0 aromatic carbocycles. The molecule has 0 aliphatic rings. The molecule has 0 spiro atoms. The van der Waals surface area contributed by atoms with Gasteiger partial charge in [-0.3, -0.25) is 4.68 Å². The van der Waals surface area contributed by atoms with Crippen molar-refractivity contribution in [1.29, 1.82) is 0 Å². The van der Waals surface area contributed by atoms with E-state index in [1.807, 2.05) is 37.1 Å². The van der Waals surface area contributed by atoms with Crippen LogP contribution in [0.3, 0.4) is 0 Å². The molecule has 0 fully saturated rings. The van der Waals surface area contributed by atoms with E-state index in [4.69, 9.17) is 0 Å². The fourth-order valence-electron chi connectivity index (χ4n) is 1.85. The molecule has 20 heavy (non-hydrogen) atoms. The molecule has 0 radical (unpaired) electrons. The normalized spacial score (nSPS) is 10.6. The summed E-state index contributed by atoms with van der Waals surface area (Å²) in [5.74, 6) is 1.56. The molecule has 0 saturated heterocycles. The highest BCUT2D eigenvalue weighted by Gasteiger charge is 2.03. The average molecular weight is 274 g/mol. The van der Waals surface area contributed by atoms with Gasteiger partial charge in [-0.1, -0.05) is 6.92 Å². The molecule has 6 nitrogen and oxygen atoms in total. The van der Waals surface area contributed by atoms with Crippen molar-refractivity contribution in [3.8, 4) is 0 Å². The maximum absolute atomic E-state index is 4.49. The first kappa shape index (κ1) is 14.3. The van der Waals surface area contributed by atoms with Gasteiger partial charge in [-0.25, -0.2) is 4.98 Å². The first-order valence-corrected chi connectivity index (χ1v) is 6.99. The van der Waals surface area contributed by atoms with Crippen molar-refractivity contribution in [2.24, 2.45) is 7.05 Å². The van der Waals surface area contributed by atoms with Crippen LogP contribution in [0.15, 0.2) is 18.5 Å². The molecule has 108 valence electrons. The Morgan fingerprint density at radius 1 is 1.25 bits per heavy atom. The van der Waals surface area contributed by atoms with Crippen LogP contribution in [0.4, 0.5) is 11.8 Å². The maximum atomic E-state index is 4.49. The molecule has 0 aliphatic heterocycles. The van der Waals surface area contributed by atoms with Crippen LogP contribution in [0, 0.1) is 6.92 Å². The third-order valence-corrected chi connectivity index (χ3v) is 2.95. The molecule has 0 bridgehead atoms. The standard InChI is InChI=1S/C14H22N6/c1-4-7-16-14-17-10-11(2)13(18-14)15-8-5-12-6-9-20(3)19-12/h6,9-10H,4-5,7-8H2,1-3H3,(H2,15,16,17,18). The van der Waals surface area contributed by atoms with Gasteiger partial charge in [0, 0.05) is 44.5 Å². The van der Waals surface area contributed by atoms with Crippen molar-refractivity contribution >= 4 is 11.8 Å². The molecular formula is C14H22N6. The number of hydrogen-bond donors (Lipinski definition) is 2. The Labute approximate surface area is 119 Å². The summed E-state index contributed by atoms with van der Waals surface area (Å²) < 4.78 is 1.82. The Kier molecular flexibility index (Phi) is 4.92. The zero-order valence-corrected chi connectivity index (χ0v) is 12.3. The second-order valence-electron chi connectivity index (χ2n) is 4.81. The van der Waals surface area contributed by atoms with Crippen LogP contribution >= 0.6 is 0 Å². The van der Waals surface area contributed by atoms with Crippen molar-refractivity contribution in [1.82, 2.24) is 19.7 Å². The maximum Gasteiger partial charge on any atom is 0.224 e. The van der Waals surface area contributed by atoms with Crippen LogP contribution in [0.5, 0.6) is 0 Å². The minimum atomic E-state index is 0.679. The predicted octanol–water partition coefficient (Wildman–Crippen LogP) is 2.00. The lowest BCUT2D eigenvalue weighted by molar-refractivity contribution is 0.741. The molecule has 2 rings (SSSR count). The fourth-order valence-corrected chi connectivity index (χ4v) is 1.85. The van der Waals surface area contributed by atoms with Crippen LogP contribution in [0.25, 0.3) is 0 Å². The number of rotatable bonds is 7. The van der Waals surface area contributed by atoms with Gasteiger partial charge in [0.25, 0.3) is 0 Å². The molecule has 6 heteroatoms. The van der Waals surface area contributed by atoms with E-state index in [2.05, 4.69) is 32.6 Å². The van der Waals surface area contributed by atoms with E-state index in [1.165, 1.54) is 0 Å². The van der Waals surface area contributed by atoms with Gasteiger partial charge >= 0.3 is 0 Å². The van der Waals surface area contributed by atoms with Gasteiger partial charge in [0.05, 0.1) is 5.69 Å². The molecule has 2 N–H and O–H groups in total. The van der Waals surface area contributed by atoms with Crippen LogP contribution < -0.4 is 10.6 Å². The summed E-state index contributed by atoms with van der Waals surface area (Å²) in [6.45, 7) is 5.82. The molecule has 2 heterocycles. The van der Waals surface area contributed by atoms with Crippen molar-refractivity contribution in [3.63, 3.8) is 0 Å². The van der Waals surface area contributed by atoms with Crippen LogP contribution in [-0.4, -0.2) is 32.8 Å². The fraction of sp³-hybridized carbons (Fsp3) is 0.500. The highest BCUT2D eigenvalue weighted by molar-refractivity contribution is 5.46. The minimum absolute atomic E-state index is 0.679. The van der Waals surface area contributed by atoms with E-state index in [9.17, 15) is 0 Å². The summed E-state index contributed by atoms with van der Waals surface area (Å²) in [7, 11) is 1.93. The Bertz CT molecular complexity index is 548. The summed E-state index contributed by atoms with van der Waals surface area (Å²) in [6, 6.07) is 2.03. The van der Waals surface area contributed by atoms with E-state index >= 15 is 0 Å². The lowest BCUT2D eigenvalue weighted by atomic mass is 10.3. The molecule has 0 atom stereocenters. The van der Waals surface area contributed by atoms with Gasteiger partial charge in [-0.15, -0.1) is 0 Å². The van der Waals surface area contributed by atoms with Crippen molar-refractivity contribution in [2.45, 2.75) is 26.7 Å². The highest BCUT2D eigenvalue weighted by Crippen LogP contribution is 2.12. The summed E-state index contributed by atoms with van der Waals surface area (Å²) in [5, 5.41) is 10.9. The zero-order valence-electron chi connectivity index (χ0n) is 12.3. The predicted molar refractivity (Wildman–Crippen MR) is 81.0 cm³/mol. The van der Waals surface area contributed by atoms with Gasteiger partial charge in [0.15, 0.2) is 0 Å². The van der Waals surface area contributed by atoms with Crippen LogP contribution in [0.1, 0.15) is 24.6 Å². The van der Waals surface area contributed by atoms with Gasteiger partial charge in [-0.2, -0.15) is 10.1 Å². The quantitative estimate of drug-likeness (QED) is 0.808. The van der Waals surface area contributed by atoms with E-state index < -0.39 is 0 Å². The number of nitrogens with zero attached hydrogens (tertiary/aromatic N) is 4. The lowest BCUT2D eigenvalue weighted by Crippen LogP contribution is -2.11. The van der Waals surface area contributed by atoms with Crippen LogP contribution in [-0.2, 0) is 13.5 Å². The number of aryl methyl sites for hydroxylation is 2. The molecular weight excluding hydrogens is 252 g/mol. The summed E-state index contributed by atoms with van der Waals surface area (Å²) in [6.07, 6.45) is 5.73. The molecule has 2 aromatic heterocycles. The highest BCUT2D eigenvalue weighted by atomic mass is 15.2. The minimum Gasteiger partial charge on any atom is -0.369 e. The zero-order chi connectivity index (χ0) is 14.4. The Morgan fingerprint density at radius 2 is 2.10 bits per heavy atom. The molecule has 0 aliphatic carbocycles. The van der Waals surface area contributed by atoms with Crippen molar-refractivity contribution < 1.29 is 0 Å². The van der Waals surface area contributed by atoms with Crippen molar-refractivity contribution in [2.75, 3.05) is 23.7 Å². The second kappa shape index (κ2) is 6.88. The smallest absolute Gasteiger partial charge is 0.224 e. The number of anilines is 2. The van der Waals surface area contributed by atoms with Gasteiger partial charge < -0.3 is 10.6 Å². The average Bonchev–Trinajstić information content (AvgIpc) is 2.85. The van der Waals surface area contributed by atoms with Gasteiger partial charge in [0.1, 0.15) is 5.82 Å². The van der Waals surface area contributed by atoms with E-state index in [0.29, 0.717) is 5.95 Å². The number of hydrogen-bond acceptors (Lipinski definition) is 5. The lowest BCUT2D eigenvalue weighted by Gasteiger charge is -2.10. The SMILES string of the molecule is CCCNc1ncc(C)c(NCCc2ccn(C)n2)n1. The Balaban J connectivity index is 1.90. The first-order chi connectivity index (χ1) is 9.69. The molecule has 2 aromatic rings. The number of aromatic nitrogens is 4. The van der Waals surface area contributed by atoms with E-state index in [-0.39, 0.29) is 0 Å². The monoisotopic (exact) mass is 274 g/mol. The Hall–Kier alpha value is -2.11. The van der Waals surface area contributed by atoms with Crippen LogP contribution in [0.2, 0.25) is 0 Å². The summed E-state index contributed by atoms with van der Waals surface area (Å²) in [5.41, 5.74) is 2.13. The first-order valence-electron chi connectivity index (χ1n) is 6.99. The second-order valence-corrected chi connectivity index (χ2v) is 4.81. The van der Waals surface area contributed by atoms with Crippen molar-refractivity contribution in [3.05, 3.63) is 29.7 Å². The third kappa shape index (κ3) is 3.94.